The summed E-state index contributed by atoms with van der Waals surface area (Å²) in [7, 11) is -3.43. The fraction of sp³-hybridized carbons (Fsp3) is 0.238. The summed E-state index contributed by atoms with van der Waals surface area (Å²) in [5.74, 6) is -0.601. The summed E-state index contributed by atoms with van der Waals surface area (Å²) in [6.45, 7) is 4.28. The lowest BCUT2D eigenvalue weighted by Gasteiger charge is -2.29. The summed E-state index contributed by atoms with van der Waals surface area (Å²) >= 11 is 0. The van der Waals surface area contributed by atoms with Crippen LogP contribution in [0.15, 0.2) is 72.8 Å². The Labute approximate surface area is 154 Å². The van der Waals surface area contributed by atoms with Crippen LogP contribution in [0.2, 0.25) is 0 Å². The molecule has 0 radical (unpaired) electrons. The topological polar surface area (TPSA) is 47.6 Å². The fourth-order valence-corrected chi connectivity index (χ4v) is 5.02. The highest BCUT2D eigenvalue weighted by Gasteiger charge is 2.37. The highest BCUT2D eigenvalue weighted by Crippen LogP contribution is 2.61. The van der Waals surface area contributed by atoms with Gasteiger partial charge in [0.05, 0.1) is 13.2 Å². The van der Waals surface area contributed by atoms with Crippen molar-refractivity contribution in [2.24, 2.45) is 0 Å². The number of rotatable bonds is 8. The Morgan fingerprint density at radius 1 is 0.846 bits per heavy atom. The van der Waals surface area contributed by atoms with Gasteiger partial charge >= 0.3 is 7.60 Å². The molecule has 0 aliphatic carbocycles. The van der Waals surface area contributed by atoms with E-state index in [9.17, 15) is 4.57 Å². The molecule has 4 nitrogen and oxygen atoms in total. The van der Waals surface area contributed by atoms with E-state index in [1.807, 2.05) is 86.6 Å². The molecule has 0 heterocycles. The predicted octanol–water partition coefficient (Wildman–Crippen LogP) is 6.22. The molecule has 0 aliphatic heterocycles. The van der Waals surface area contributed by atoms with Crippen molar-refractivity contribution < 1.29 is 13.6 Å². The first-order valence-electron chi connectivity index (χ1n) is 8.86. The Kier molecular flexibility index (Phi) is 6.10. The molecule has 0 saturated carbocycles. The molecular weight excluding hydrogens is 345 g/mol. The first-order chi connectivity index (χ1) is 12.7. The molecule has 3 aromatic carbocycles. The molecule has 1 unspecified atom stereocenters. The quantitative estimate of drug-likeness (QED) is 0.479. The zero-order valence-electron chi connectivity index (χ0n) is 15.1. The number of hydrogen-bond acceptors (Lipinski definition) is 4. The first-order valence-corrected chi connectivity index (χ1v) is 10.5. The second-order valence-electron chi connectivity index (χ2n) is 5.86. The molecule has 0 amide bonds. The van der Waals surface area contributed by atoms with Crippen molar-refractivity contribution in [1.82, 2.24) is 0 Å². The first kappa shape index (κ1) is 18.7. The van der Waals surface area contributed by atoms with Crippen LogP contribution in [0, 0.1) is 0 Å². The fourth-order valence-electron chi connectivity index (χ4n) is 3.05. The third-order valence-electron chi connectivity index (χ3n) is 4.13. The summed E-state index contributed by atoms with van der Waals surface area (Å²) in [4.78, 5) is 0. The van der Waals surface area contributed by atoms with Crippen molar-refractivity contribution in [3.63, 3.8) is 0 Å². The minimum absolute atomic E-state index is 0.314. The Hall–Kier alpha value is -2.13. The smallest absolute Gasteiger partial charge is 0.357 e. The number of anilines is 1. The Morgan fingerprint density at radius 3 is 2.15 bits per heavy atom. The summed E-state index contributed by atoms with van der Waals surface area (Å²) in [5, 5.41) is 5.50. The molecule has 1 atom stereocenters. The maximum absolute atomic E-state index is 13.7. The monoisotopic (exact) mass is 369 g/mol. The molecule has 0 saturated heterocycles. The van der Waals surface area contributed by atoms with Gasteiger partial charge < -0.3 is 14.4 Å². The SMILES string of the molecule is CCOP(=O)(OCC)C(Nc1ccccc1)c1cccc2ccccc12. The van der Waals surface area contributed by atoms with E-state index < -0.39 is 13.4 Å². The molecule has 5 heteroatoms. The predicted molar refractivity (Wildman–Crippen MR) is 108 cm³/mol. The second-order valence-corrected chi connectivity index (χ2v) is 7.97. The number of para-hydroxylation sites is 1. The largest absolute Gasteiger partial charge is 0.368 e. The molecule has 3 rings (SSSR count). The van der Waals surface area contributed by atoms with Crippen LogP contribution in [-0.4, -0.2) is 13.2 Å². The van der Waals surface area contributed by atoms with Crippen LogP contribution in [0.1, 0.15) is 25.2 Å². The van der Waals surface area contributed by atoms with Gasteiger partial charge in [0, 0.05) is 5.69 Å². The van der Waals surface area contributed by atoms with Crippen LogP contribution in [0.4, 0.5) is 5.69 Å². The van der Waals surface area contributed by atoms with E-state index in [0.717, 1.165) is 22.0 Å². The van der Waals surface area contributed by atoms with Crippen LogP contribution in [0.3, 0.4) is 0 Å². The van der Waals surface area contributed by atoms with Gasteiger partial charge in [-0.15, -0.1) is 0 Å². The van der Waals surface area contributed by atoms with Gasteiger partial charge in [-0.2, -0.15) is 0 Å². The molecule has 0 aromatic heterocycles. The Bertz CT molecular complexity index is 883. The van der Waals surface area contributed by atoms with E-state index in [0.29, 0.717) is 13.2 Å². The van der Waals surface area contributed by atoms with E-state index in [4.69, 9.17) is 9.05 Å². The van der Waals surface area contributed by atoms with Gasteiger partial charge in [-0.05, 0) is 42.3 Å². The van der Waals surface area contributed by atoms with Gasteiger partial charge in [0.15, 0.2) is 5.78 Å². The molecule has 0 aliphatic rings. The molecular formula is C21H24NO3P. The maximum atomic E-state index is 13.7. The third kappa shape index (κ3) is 3.99. The molecule has 1 N–H and O–H groups in total. The van der Waals surface area contributed by atoms with Gasteiger partial charge in [-0.3, -0.25) is 4.57 Å². The van der Waals surface area contributed by atoms with Crippen molar-refractivity contribution in [3.8, 4) is 0 Å². The third-order valence-corrected chi connectivity index (χ3v) is 6.41. The number of nitrogens with one attached hydrogen (secondary N) is 1. The number of benzene rings is 3. The Morgan fingerprint density at radius 2 is 1.46 bits per heavy atom. The van der Waals surface area contributed by atoms with E-state index in [1.165, 1.54) is 0 Å². The average molecular weight is 369 g/mol. The zero-order chi connectivity index (χ0) is 18.4. The molecule has 26 heavy (non-hydrogen) atoms. The highest BCUT2D eigenvalue weighted by atomic mass is 31.2. The van der Waals surface area contributed by atoms with Crippen LogP contribution < -0.4 is 5.32 Å². The van der Waals surface area contributed by atoms with Gasteiger partial charge in [0.25, 0.3) is 0 Å². The van der Waals surface area contributed by atoms with Gasteiger partial charge in [-0.25, -0.2) is 0 Å². The summed E-state index contributed by atoms with van der Waals surface area (Å²) in [6.07, 6.45) is 0. The average Bonchev–Trinajstić information content (AvgIpc) is 2.67. The van der Waals surface area contributed by atoms with Crippen molar-refractivity contribution in [3.05, 3.63) is 78.4 Å². The lowest BCUT2D eigenvalue weighted by molar-refractivity contribution is 0.214. The van der Waals surface area contributed by atoms with Gasteiger partial charge in [0.2, 0.25) is 0 Å². The summed E-state index contributed by atoms with van der Waals surface area (Å²) < 4.78 is 25.0. The normalized spacial score (nSPS) is 12.8. The summed E-state index contributed by atoms with van der Waals surface area (Å²) in [6, 6.07) is 23.8. The van der Waals surface area contributed by atoms with Crippen molar-refractivity contribution in [1.29, 1.82) is 0 Å². The van der Waals surface area contributed by atoms with E-state index >= 15 is 0 Å². The minimum atomic E-state index is -3.43. The van der Waals surface area contributed by atoms with Crippen molar-refractivity contribution >= 4 is 24.1 Å². The van der Waals surface area contributed by atoms with Crippen LogP contribution in [-0.2, 0) is 13.6 Å². The van der Waals surface area contributed by atoms with Gasteiger partial charge in [0.1, 0.15) is 0 Å². The van der Waals surface area contributed by atoms with Crippen LogP contribution >= 0.6 is 7.60 Å². The van der Waals surface area contributed by atoms with E-state index in [2.05, 4.69) is 5.32 Å². The van der Waals surface area contributed by atoms with Crippen LogP contribution in [0.5, 0.6) is 0 Å². The maximum Gasteiger partial charge on any atom is 0.357 e. The van der Waals surface area contributed by atoms with Gasteiger partial charge in [-0.1, -0.05) is 60.7 Å². The molecule has 0 bridgehead atoms. The standard InChI is InChI=1S/C21H24NO3P/c1-3-24-26(23,25-4-2)21(22-18-13-6-5-7-14-18)20-16-10-12-17-11-8-9-15-19(17)20/h5-16,21-22H,3-4H2,1-2H3. The minimum Gasteiger partial charge on any atom is -0.368 e. The van der Waals surface area contributed by atoms with Crippen molar-refractivity contribution in [2.75, 3.05) is 18.5 Å². The number of hydrogen-bond donors (Lipinski definition) is 1. The Balaban J connectivity index is 2.14. The molecule has 0 spiro atoms. The lowest BCUT2D eigenvalue weighted by atomic mass is 10.0. The highest BCUT2D eigenvalue weighted by molar-refractivity contribution is 7.54. The van der Waals surface area contributed by atoms with Crippen LogP contribution in [0.25, 0.3) is 10.8 Å². The number of fused-ring (bicyclic) bond motifs is 1. The molecule has 3 aromatic rings. The zero-order valence-corrected chi connectivity index (χ0v) is 16.0. The van der Waals surface area contributed by atoms with E-state index in [-0.39, 0.29) is 0 Å². The molecule has 0 fully saturated rings. The van der Waals surface area contributed by atoms with E-state index in [1.54, 1.807) is 0 Å². The lowest BCUT2D eigenvalue weighted by Crippen LogP contribution is -2.15. The summed E-state index contributed by atoms with van der Waals surface area (Å²) in [5.41, 5.74) is 1.77. The molecule has 136 valence electrons. The van der Waals surface area contributed by atoms with Crippen molar-refractivity contribution in [2.45, 2.75) is 19.6 Å². The second kappa shape index (κ2) is 8.50.